The summed E-state index contributed by atoms with van der Waals surface area (Å²) in [5, 5.41) is 0. The average molecular weight is 238 g/mol. The van der Waals surface area contributed by atoms with Gasteiger partial charge in [0, 0.05) is 0 Å². The van der Waals surface area contributed by atoms with E-state index in [1.165, 1.54) is 12.8 Å². The van der Waals surface area contributed by atoms with Crippen LogP contribution in [0, 0.1) is 5.92 Å². The first-order chi connectivity index (χ1) is 8.28. The molecule has 1 aromatic heterocycles. The van der Waals surface area contributed by atoms with Gasteiger partial charge in [-0.15, -0.1) is 4.98 Å². The van der Waals surface area contributed by atoms with Gasteiger partial charge in [-0.05, 0) is 18.8 Å². The maximum atomic E-state index is 5.55. The summed E-state index contributed by atoms with van der Waals surface area (Å²) in [7, 11) is 0. The van der Waals surface area contributed by atoms with Gasteiger partial charge in [0.2, 0.25) is 5.95 Å². The van der Waals surface area contributed by atoms with Gasteiger partial charge in [0.25, 0.3) is 0 Å². The molecule has 0 aliphatic heterocycles. The summed E-state index contributed by atoms with van der Waals surface area (Å²) in [4.78, 5) is 11.8. The van der Waals surface area contributed by atoms with Crippen molar-refractivity contribution in [2.75, 3.05) is 18.9 Å². The van der Waals surface area contributed by atoms with Crippen molar-refractivity contribution in [2.24, 2.45) is 5.92 Å². The van der Waals surface area contributed by atoms with Gasteiger partial charge in [0.1, 0.15) is 0 Å². The topological polar surface area (TPSA) is 83.2 Å². The van der Waals surface area contributed by atoms with Crippen LogP contribution in [0.1, 0.15) is 32.6 Å². The largest absolute Gasteiger partial charge is 0.463 e. The van der Waals surface area contributed by atoms with Crippen LogP contribution in [0.2, 0.25) is 0 Å². The van der Waals surface area contributed by atoms with Crippen LogP contribution < -0.4 is 15.2 Å². The van der Waals surface area contributed by atoms with Crippen LogP contribution in [-0.2, 0) is 0 Å². The highest BCUT2D eigenvalue weighted by Crippen LogP contribution is 2.32. The molecule has 2 N–H and O–H groups in total. The third kappa shape index (κ3) is 4.05. The van der Waals surface area contributed by atoms with E-state index in [1.807, 2.05) is 6.92 Å². The van der Waals surface area contributed by atoms with Crippen LogP contribution in [0.25, 0.3) is 0 Å². The zero-order valence-electron chi connectivity index (χ0n) is 10.1. The number of nitrogens with two attached hydrogens (primary N) is 1. The molecule has 2 rings (SSSR count). The normalized spacial score (nSPS) is 14.6. The Morgan fingerprint density at radius 3 is 2.35 bits per heavy atom. The van der Waals surface area contributed by atoms with Crippen molar-refractivity contribution < 1.29 is 9.47 Å². The molecule has 17 heavy (non-hydrogen) atoms. The number of hydrogen-bond acceptors (Lipinski definition) is 6. The molecule has 1 heterocycles. The lowest BCUT2D eigenvalue weighted by Crippen LogP contribution is -2.08. The molecule has 0 radical (unpaired) electrons. The van der Waals surface area contributed by atoms with E-state index < -0.39 is 0 Å². The summed E-state index contributed by atoms with van der Waals surface area (Å²) in [6.07, 6.45) is 4.57. The zero-order valence-corrected chi connectivity index (χ0v) is 10.1. The van der Waals surface area contributed by atoms with Crippen LogP contribution in [0.5, 0.6) is 12.0 Å². The fraction of sp³-hybridized carbons (Fsp3) is 0.727. The second-order valence-corrected chi connectivity index (χ2v) is 4.19. The van der Waals surface area contributed by atoms with Crippen molar-refractivity contribution in [3.63, 3.8) is 0 Å². The molecular formula is C11H18N4O2. The van der Waals surface area contributed by atoms with Gasteiger partial charge < -0.3 is 15.2 Å². The van der Waals surface area contributed by atoms with E-state index in [1.54, 1.807) is 0 Å². The molecule has 0 saturated heterocycles. The number of rotatable bonds is 7. The Balaban J connectivity index is 1.87. The Morgan fingerprint density at radius 2 is 1.76 bits per heavy atom. The molecule has 0 aromatic carbocycles. The maximum Gasteiger partial charge on any atom is 0.324 e. The summed E-state index contributed by atoms with van der Waals surface area (Å²) in [5.41, 5.74) is 5.55. The second kappa shape index (κ2) is 5.65. The van der Waals surface area contributed by atoms with Crippen molar-refractivity contribution in [3.05, 3.63) is 0 Å². The fourth-order valence-corrected chi connectivity index (χ4v) is 1.40. The van der Waals surface area contributed by atoms with E-state index in [2.05, 4.69) is 15.0 Å². The Bertz CT molecular complexity index is 368. The summed E-state index contributed by atoms with van der Waals surface area (Å²) in [5.74, 6) is 0.956. The number of nitrogens with zero attached hydrogens (tertiary/aromatic N) is 3. The number of nitrogen functional groups attached to an aromatic ring is 1. The molecule has 0 spiro atoms. The van der Waals surface area contributed by atoms with Gasteiger partial charge in [0.05, 0.1) is 13.2 Å². The Morgan fingerprint density at radius 1 is 1.12 bits per heavy atom. The monoisotopic (exact) mass is 238 g/mol. The summed E-state index contributed by atoms with van der Waals surface area (Å²) < 4.78 is 10.7. The highest BCUT2D eigenvalue weighted by Gasteiger charge is 2.21. The lowest BCUT2D eigenvalue weighted by Gasteiger charge is -2.06. The standard InChI is InChI=1S/C11H18N4O2/c1-2-6-16-10-13-9(12)14-11(15-10)17-7-5-8-3-4-8/h8H,2-7H2,1H3,(H2,12,13,14,15). The van der Waals surface area contributed by atoms with E-state index in [9.17, 15) is 0 Å². The van der Waals surface area contributed by atoms with Crippen molar-refractivity contribution in [2.45, 2.75) is 32.6 Å². The molecule has 0 unspecified atom stereocenters. The van der Waals surface area contributed by atoms with Crippen LogP contribution in [-0.4, -0.2) is 28.2 Å². The third-order valence-electron chi connectivity index (χ3n) is 2.50. The van der Waals surface area contributed by atoms with E-state index in [0.29, 0.717) is 13.2 Å². The van der Waals surface area contributed by atoms with Crippen molar-refractivity contribution in [1.29, 1.82) is 0 Å². The molecule has 6 heteroatoms. The maximum absolute atomic E-state index is 5.55. The first-order valence-electron chi connectivity index (χ1n) is 6.05. The molecular weight excluding hydrogens is 220 g/mol. The molecule has 0 atom stereocenters. The molecule has 94 valence electrons. The SMILES string of the molecule is CCCOc1nc(N)nc(OCCC2CC2)n1. The molecule has 1 aliphatic rings. The van der Waals surface area contributed by atoms with Gasteiger partial charge >= 0.3 is 12.0 Å². The molecule has 6 nitrogen and oxygen atoms in total. The number of ether oxygens (including phenoxy) is 2. The average Bonchev–Trinajstić information content (AvgIpc) is 3.10. The zero-order chi connectivity index (χ0) is 12.1. The van der Waals surface area contributed by atoms with Gasteiger partial charge in [-0.25, -0.2) is 0 Å². The van der Waals surface area contributed by atoms with E-state index in [4.69, 9.17) is 15.2 Å². The van der Waals surface area contributed by atoms with E-state index in [-0.39, 0.29) is 18.0 Å². The van der Waals surface area contributed by atoms with Crippen LogP contribution in [0.3, 0.4) is 0 Å². The second-order valence-electron chi connectivity index (χ2n) is 4.19. The Labute approximate surface area is 101 Å². The first kappa shape index (κ1) is 11.9. The molecule has 1 aliphatic carbocycles. The molecule has 0 bridgehead atoms. The highest BCUT2D eigenvalue weighted by molar-refractivity contribution is 5.20. The van der Waals surface area contributed by atoms with Gasteiger partial charge in [-0.3, -0.25) is 0 Å². The van der Waals surface area contributed by atoms with Crippen LogP contribution in [0.4, 0.5) is 5.95 Å². The smallest absolute Gasteiger partial charge is 0.324 e. The summed E-state index contributed by atoms with van der Waals surface area (Å²) in [6, 6.07) is 0.491. The van der Waals surface area contributed by atoms with Gasteiger partial charge in [-0.1, -0.05) is 19.8 Å². The predicted octanol–water partition coefficient (Wildman–Crippen LogP) is 1.42. The number of anilines is 1. The minimum absolute atomic E-state index is 0.132. The predicted molar refractivity (Wildman–Crippen MR) is 62.9 cm³/mol. The number of hydrogen-bond donors (Lipinski definition) is 1. The Kier molecular flexibility index (Phi) is 3.95. The van der Waals surface area contributed by atoms with Crippen LogP contribution >= 0.6 is 0 Å². The Hall–Kier alpha value is -1.59. The van der Waals surface area contributed by atoms with E-state index >= 15 is 0 Å². The van der Waals surface area contributed by atoms with E-state index in [0.717, 1.165) is 18.8 Å². The molecule has 1 fully saturated rings. The fourth-order valence-electron chi connectivity index (χ4n) is 1.40. The molecule has 1 aromatic rings. The van der Waals surface area contributed by atoms with Gasteiger partial charge in [-0.2, -0.15) is 9.97 Å². The third-order valence-corrected chi connectivity index (χ3v) is 2.50. The van der Waals surface area contributed by atoms with Crippen molar-refractivity contribution in [1.82, 2.24) is 15.0 Å². The van der Waals surface area contributed by atoms with Crippen LogP contribution in [0.15, 0.2) is 0 Å². The first-order valence-corrected chi connectivity index (χ1v) is 6.05. The minimum atomic E-state index is 0.132. The molecule has 1 saturated carbocycles. The quantitative estimate of drug-likeness (QED) is 0.773. The van der Waals surface area contributed by atoms with Crippen molar-refractivity contribution >= 4 is 5.95 Å². The lowest BCUT2D eigenvalue weighted by atomic mass is 10.3. The minimum Gasteiger partial charge on any atom is -0.463 e. The number of aromatic nitrogens is 3. The summed E-state index contributed by atoms with van der Waals surface area (Å²) in [6.45, 7) is 3.20. The van der Waals surface area contributed by atoms with Gasteiger partial charge in [0.15, 0.2) is 0 Å². The highest BCUT2D eigenvalue weighted by atomic mass is 16.5. The van der Waals surface area contributed by atoms with Crippen molar-refractivity contribution in [3.8, 4) is 12.0 Å². The molecule has 0 amide bonds. The summed E-state index contributed by atoms with van der Waals surface area (Å²) >= 11 is 0. The lowest BCUT2D eigenvalue weighted by molar-refractivity contribution is 0.256.